The van der Waals surface area contributed by atoms with E-state index in [9.17, 15) is 4.79 Å². The van der Waals surface area contributed by atoms with Gasteiger partial charge < -0.3 is 10.1 Å². The lowest BCUT2D eigenvalue weighted by Gasteiger charge is -2.21. The van der Waals surface area contributed by atoms with E-state index in [1.54, 1.807) is 18.4 Å². The Hall–Kier alpha value is -0.910. The van der Waals surface area contributed by atoms with Crippen LogP contribution in [0.1, 0.15) is 12.0 Å². The molecule has 4 nitrogen and oxygen atoms in total. The van der Waals surface area contributed by atoms with Crippen molar-refractivity contribution < 1.29 is 9.53 Å². The Kier molecular flexibility index (Phi) is 3.37. The summed E-state index contributed by atoms with van der Waals surface area (Å²) >= 11 is 1.72. The summed E-state index contributed by atoms with van der Waals surface area (Å²) < 4.78 is 5.76. The van der Waals surface area contributed by atoms with Crippen LogP contribution in [0.2, 0.25) is 0 Å². The van der Waals surface area contributed by atoms with Crippen LogP contribution in [0.5, 0.6) is 0 Å². The minimum absolute atomic E-state index is 0.0128. The van der Waals surface area contributed by atoms with Crippen molar-refractivity contribution in [3.8, 4) is 0 Å². The monoisotopic (exact) mass is 266 g/mol. The molecule has 98 valence electrons. The molecule has 2 aliphatic heterocycles. The standard InChI is InChI=1S/C13H18N2O2S/c1-14-13(16)10-7-15(6-9-3-5-18-8-9)11-2-4-17-12(10)11/h3,5,8,10-12H,2,4,6-7H2,1H3,(H,14,16)/t10-,11+,12+/m1/s1. The highest BCUT2D eigenvalue weighted by Gasteiger charge is 2.48. The number of likely N-dealkylation sites (tertiary alicyclic amines) is 1. The van der Waals surface area contributed by atoms with Crippen LogP contribution >= 0.6 is 11.3 Å². The largest absolute Gasteiger partial charge is 0.376 e. The van der Waals surface area contributed by atoms with Crippen molar-refractivity contribution in [1.82, 2.24) is 10.2 Å². The molecule has 0 saturated carbocycles. The van der Waals surface area contributed by atoms with E-state index in [-0.39, 0.29) is 17.9 Å². The number of fused-ring (bicyclic) bond motifs is 1. The highest BCUT2D eigenvalue weighted by molar-refractivity contribution is 7.07. The molecule has 2 aliphatic rings. The molecule has 1 N–H and O–H groups in total. The van der Waals surface area contributed by atoms with Crippen molar-refractivity contribution in [1.29, 1.82) is 0 Å². The van der Waals surface area contributed by atoms with Crippen LogP contribution < -0.4 is 5.32 Å². The normalized spacial score (nSPS) is 31.5. The third kappa shape index (κ3) is 2.06. The minimum Gasteiger partial charge on any atom is -0.376 e. The number of carbonyl (C=O) groups is 1. The van der Waals surface area contributed by atoms with Gasteiger partial charge in [-0.25, -0.2) is 0 Å². The second-order valence-corrected chi connectivity index (χ2v) is 5.75. The van der Waals surface area contributed by atoms with Gasteiger partial charge in [0.15, 0.2) is 0 Å². The van der Waals surface area contributed by atoms with E-state index in [4.69, 9.17) is 4.74 Å². The summed E-state index contributed by atoms with van der Waals surface area (Å²) in [4.78, 5) is 14.3. The first kappa shape index (κ1) is 12.1. The van der Waals surface area contributed by atoms with Gasteiger partial charge in [0.05, 0.1) is 12.0 Å². The van der Waals surface area contributed by atoms with Crippen molar-refractivity contribution in [2.45, 2.75) is 25.1 Å². The Morgan fingerprint density at radius 2 is 2.56 bits per heavy atom. The molecule has 1 aromatic rings. The van der Waals surface area contributed by atoms with Crippen LogP contribution in [0.15, 0.2) is 16.8 Å². The first-order chi connectivity index (χ1) is 8.79. The molecule has 0 aliphatic carbocycles. The van der Waals surface area contributed by atoms with Crippen molar-refractivity contribution in [2.24, 2.45) is 5.92 Å². The zero-order valence-electron chi connectivity index (χ0n) is 10.5. The molecule has 0 unspecified atom stereocenters. The van der Waals surface area contributed by atoms with Crippen LogP contribution in [0.4, 0.5) is 0 Å². The molecule has 0 aromatic carbocycles. The van der Waals surface area contributed by atoms with Crippen molar-refractivity contribution in [3.05, 3.63) is 22.4 Å². The number of amides is 1. The summed E-state index contributed by atoms with van der Waals surface area (Å²) in [7, 11) is 1.70. The maximum Gasteiger partial charge on any atom is 0.226 e. The minimum atomic E-state index is -0.0128. The Bertz CT molecular complexity index is 421. The molecule has 1 amide bonds. The predicted molar refractivity (Wildman–Crippen MR) is 70.4 cm³/mol. The Morgan fingerprint density at radius 1 is 1.67 bits per heavy atom. The predicted octanol–water partition coefficient (Wildman–Crippen LogP) is 1.08. The van der Waals surface area contributed by atoms with Crippen molar-refractivity contribution in [2.75, 3.05) is 20.2 Å². The molecule has 3 heterocycles. The molecule has 0 bridgehead atoms. The second kappa shape index (κ2) is 4.99. The third-order valence-corrected chi connectivity index (χ3v) is 4.68. The summed E-state index contributed by atoms with van der Waals surface area (Å²) in [5.74, 6) is 0.0980. The Balaban J connectivity index is 1.74. The fourth-order valence-electron chi connectivity index (χ4n) is 3.08. The molecule has 1 aromatic heterocycles. The van der Waals surface area contributed by atoms with E-state index < -0.39 is 0 Å². The van der Waals surface area contributed by atoms with Crippen molar-refractivity contribution in [3.63, 3.8) is 0 Å². The summed E-state index contributed by atoms with van der Waals surface area (Å²) in [6.07, 6.45) is 1.13. The van der Waals surface area contributed by atoms with Gasteiger partial charge in [-0.1, -0.05) is 0 Å². The summed E-state index contributed by atoms with van der Waals surface area (Å²) in [6.45, 7) is 2.52. The lowest BCUT2D eigenvalue weighted by atomic mass is 10.0. The van der Waals surface area contributed by atoms with Gasteiger partial charge in [-0.3, -0.25) is 9.69 Å². The zero-order valence-corrected chi connectivity index (χ0v) is 11.3. The van der Waals surface area contributed by atoms with E-state index >= 15 is 0 Å². The summed E-state index contributed by atoms with van der Waals surface area (Å²) in [5, 5.41) is 7.04. The number of hydrogen-bond acceptors (Lipinski definition) is 4. The average molecular weight is 266 g/mol. The third-order valence-electron chi connectivity index (χ3n) is 3.95. The van der Waals surface area contributed by atoms with Gasteiger partial charge >= 0.3 is 0 Å². The molecular weight excluding hydrogens is 248 g/mol. The van der Waals surface area contributed by atoms with Crippen LogP contribution in [0.25, 0.3) is 0 Å². The van der Waals surface area contributed by atoms with Crippen LogP contribution in [-0.2, 0) is 16.1 Å². The number of rotatable bonds is 3. The quantitative estimate of drug-likeness (QED) is 0.890. The van der Waals surface area contributed by atoms with Gasteiger partial charge in [0.2, 0.25) is 5.91 Å². The number of thiophene rings is 1. The number of ether oxygens (including phenoxy) is 1. The van der Waals surface area contributed by atoms with E-state index in [2.05, 4.69) is 27.0 Å². The zero-order chi connectivity index (χ0) is 12.5. The molecule has 2 fully saturated rings. The number of nitrogens with one attached hydrogen (secondary N) is 1. The Labute approximate surface area is 111 Å². The van der Waals surface area contributed by atoms with Crippen LogP contribution in [-0.4, -0.2) is 43.2 Å². The molecule has 3 atom stereocenters. The molecule has 3 rings (SSSR count). The van der Waals surface area contributed by atoms with Gasteiger partial charge in [0.1, 0.15) is 0 Å². The summed E-state index contributed by atoms with van der Waals surface area (Å²) in [5.41, 5.74) is 1.34. The number of carbonyl (C=O) groups excluding carboxylic acids is 1. The van der Waals surface area contributed by atoms with Gasteiger partial charge in [-0.2, -0.15) is 11.3 Å². The van der Waals surface area contributed by atoms with Crippen LogP contribution in [0.3, 0.4) is 0 Å². The van der Waals surface area contributed by atoms with Crippen molar-refractivity contribution >= 4 is 17.2 Å². The fraction of sp³-hybridized carbons (Fsp3) is 0.615. The molecule has 0 radical (unpaired) electrons. The SMILES string of the molecule is CNC(=O)[C@@H]1CN(Cc2ccsc2)[C@H]2CCO[C@@H]12. The van der Waals surface area contributed by atoms with E-state index in [0.717, 1.165) is 26.1 Å². The first-order valence-corrected chi connectivity index (χ1v) is 7.32. The van der Waals surface area contributed by atoms with E-state index in [1.165, 1.54) is 5.56 Å². The maximum atomic E-state index is 11.9. The fourth-order valence-corrected chi connectivity index (χ4v) is 3.74. The van der Waals surface area contributed by atoms with E-state index in [1.807, 2.05) is 0 Å². The lowest BCUT2D eigenvalue weighted by molar-refractivity contribution is -0.127. The maximum absolute atomic E-state index is 11.9. The van der Waals surface area contributed by atoms with Gasteiger partial charge in [-0.15, -0.1) is 0 Å². The lowest BCUT2D eigenvalue weighted by Crippen LogP contribution is -2.36. The summed E-state index contributed by atoms with van der Waals surface area (Å²) in [6, 6.07) is 2.56. The van der Waals surface area contributed by atoms with Crippen LogP contribution in [0, 0.1) is 5.92 Å². The number of hydrogen-bond donors (Lipinski definition) is 1. The highest BCUT2D eigenvalue weighted by Crippen LogP contribution is 2.34. The van der Waals surface area contributed by atoms with E-state index in [0.29, 0.717) is 6.04 Å². The number of nitrogens with zero attached hydrogens (tertiary/aromatic N) is 1. The molecular formula is C13H18N2O2S. The highest BCUT2D eigenvalue weighted by atomic mass is 32.1. The average Bonchev–Trinajstić information content (AvgIpc) is 3.07. The first-order valence-electron chi connectivity index (χ1n) is 6.38. The topological polar surface area (TPSA) is 41.6 Å². The smallest absolute Gasteiger partial charge is 0.226 e. The Morgan fingerprint density at radius 3 is 3.28 bits per heavy atom. The molecule has 2 saturated heterocycles. The van der Waals surface area contributed by atoms with Gasteiger partial charge in [-0.05, 0) is 28.8 Å². The molecule has 0 spiro atoms. The van der Waals surface area contributed by atoms with Gasteiger partial charge in [0.25, 0.3) is 0 Å². The van der Waals surface area contributed by atoms with Gasteiger partial charge in [0, 0.05) is 32.8 Å². The second-order valence-electron chi connectivity index (χ2n) is 4.97. The molecule has 5 heteroatoms. The molecule has 18 heavy (non-hydrogen) atoms.